The van der Waals surface area contributed by atoms with Crippen LogP contribution < -0.4 is 5.56 Å². The van der Waals surface area contributed by atoms with Gasteiger partial charge in [-0.25, -0.2) is 4.98 Å². The number of benzene rings is 1. The molecule has 2 aromatic rings. The van der Waals surface area contributed by atoms with Crippen LogP contribution in [0, 0.1) is 0 Å². The molecule has 2 rings (SSSR count). The summed E-state index contributed by atoms with van der Waals surface area (Å²) in [5, 5.41) is 1.56. The molecule has 1 atom stereocenters. The van der Waals surface area contributed by atoms with Gasteiger partial charge in [-0.1, -0.05) is 58.0 Å². The molecule has 94 valence electrons. The second kappa shape index (κ2) is 6.75. The highest BCUT2D eigenvalue weighted by Crippen LogP contribution is 2.25. The van der Waals surface area contributed by atoms with Gasteiger partial charge in [-0.2, -0.15) is 0 Å². The van der Waals surface area contributed by atoms with Gasteiger partial charge in [0.1, 0.15) is 0 Å². The van der Waals surface area contributed by atoms with Crippen molar-refractivity contribution in [1.29, 1.82) is 0 Å². The second-order valence-electron chi connectivity index (χ2n) is 3.81. The number of hydrogen-bond donors (Lipinski definition) is 1. The van der Waals surface area contributed by atoms with Crippen LogP contribution in [-0.4, -0.2) is 21.1 Å². The normalized spacial score (nSPS) is 12.3. The number of aromatic nitrogens is 2. The molecule has 1 aromatic carbocycles. The summed E-state index contributed by atoms with van der Waals surface area (Å²) in [5.74, 6) is 1.28. The quantitative estimate of drug-likeness (QED) is 0.522. The summed E-state index contributed by atoms with van der Waals surface area (Å²) in [7, 11) is 0. The summed E-state index contributed by atoms with van der Waals surface area (Å²) < 4.78 is 0. The van der Waals surface area contributed by atoms with Gasteiger partial charge in [-0.15, -0.1) is 0 Å². The van der Waals surface area contributed by atoms with Crippen molar-refractivity contribution in [2.45, 2.75) is 11.1 Å². The summed E-state index contributed by atoms with van der Waals surface area (Å²) in [6, 6.07) is 11.7. The van der Waals surface area contributed by atoms with Crippen LogP contribution in [0.1, 0.15) is 11.5 Å². The molecule has 0 saturated carbocycles. The molecular weight excluding hydrogens is 312 g/mol. The molecule has 0 radical (unpaired) electrons. The molecule has 0 aliphatic heterocycles. The first-order valence-corrected chi connectivity index (χ1v) is 7.69. The zero-order valence-corrected chi connectivity index (χ0v) is 12.1. The standard InChI is InChI=1S/C13H13BrN2OS/c14-8-11(10-4-2-1-3-5-10)9-18-13-15-7-6-12(17)16-13/h1-7,11H,8-9H2,(H,15,16,17). The molecular formula is C13H13BrN2OS. The maximum atomic E-state index is 11.2. The maximum absolute atomic E-state index is 11.2. The fraction of sp³-hybridized carbons (Fsp3) is 0.231. The third-order valence-corrected chi connectivity index (χ3v) is 4.36. The van der Waals surface area contributed by atoms with Crippen LogP contribution in [-0.2, 0) is 0 Å². The zero-order valence-electron chi connectivity index (χ0n) is 9.67. The Morgan fingerprint density at radius 3 is 2.72 bits per heavy atom. The van der Waals surface area contributed by atoms with Gasteiger partial charge < -0.3 is 4.98 Å². The number of aromatic amines is 1. The summed E-state index contributed by atoms with van der Waals surface area (Å²) in [4.78, 5) is 18.0. The minimum absolute atomic E-state index is 0.109. The molecule has 1 unspecified atom stereocenters. The number of nitrogens with zero attached hydrogens (tertiary/aromatic N) is 1. The molecule has 0 aliphatic rings. The van der Waals surface area contributed by atoms with E-state index in [1.54, 1.807) is 11.8 Å². The molecule has 1 heterocycles. The molecule has 1 N–H and O–H groups in total. The van der Waals surface area contributed by atoms with Crippen LogP contribution in [0.3, 0.4) is 0 Å². The molecule has 0 amide bonds. The first kappa shape index (κ1) is 13.4. The number of rotatable bonds is 5. The highest BCUT2D eigenvalue weighted by Gasteiger charge is 2.10. The summed E-state index contributed by atoms with van der Waals surface area (Å²) in [6.45, 7) is 0. The Morgan fingerprint density at radius 1 is 1.28 bits per heavy atom. The van der Waals surface area contributed by atoms with Gasteiger partial charge in [0.15, 0.2) is 5.16 Å². The van der Waals surface area contributed by atoms with Crippen LogP contribution in [0.25, 0.3) is 0 Å². The van der Waals surface area contributed by atoms with E-state index >= 15 is 0 Å². The predicted molar refractivity (Wildman–Crippen MR) is 78.6 cm³/mol. The monoisotopic (exact) mass is 324 g/mol. The summed E-state index contributed by atoms with van der Waals surface area (Å²) in [5.41, 5.74) is 1.18. The van der Waals surface area contributed by atoms with Crippen molar-refractivity contribution in [2.24, 2.45) is 0 Å². The Balaban J connectivity index is 2.02. The lowest BCUT2D eigenvalue weighted by atomic mass is 10.0. The summed E-state index contributed by atoms with van der Waals surface area (Å²) >= 11 is 5.10. The van der Waals surface area contributed by atoms with Crippen molar-refractivity contribution in [3.8, 4) is 0 Å². The van der Waals surface area contributed by atoms with E-state index in [1.807, 2.05) is 18.2 Å². The third kappa shape index (κ3) is 3.71. The van der Waals surface area contributed by atoms with Gasteiger partial charge in [0.2, 0.25) is 0 Å². The molecule has 0 spiro atoms. The average Bonchev–Trinajstić information content (AvgIpc) is 2.41. The lowest BCUT2D eigenvalue weighted by Crippen LogP contribution is -2.08. The van der Waals surface area contributed by atoms with Crippen LogP contribution >= 0.6 is 27.7 Å². The molecule has 5 heteroatoms. The smallest absolute Gasteiger partial charge is 0.251 e. The Hall–Kier alpha value is -1.07. The van der Waals surface area contributed by atoms with E-state index in [9.17, 15) is 4.79 Å². The van der Waals surface area contributed by atoms with E-state index in [-0.39, 0.29) is 5.56 Å². The topological polar surface area (TPSA) is 45.8 Å². The van der Waals surface area contributed by atoms with Gasteiger partial charge in [-0.3, -0.25) is 4.79 Å². The van der Waals surface area contributed by atoms with Gasteiger partial charge in [-0.05, 0) is 5.56 Å². The average molecular weight is 325 g/mol. The second-order valence-corrected chi connectivity index (χ2v) is 5.47. The van der Waals surface area contributed by atoms with Crippen LogP contribution in [0.15, 0.2) is 52.5 Å². The number of thioether (sulfide) groups is 1. The fourth-order valence-corrected chi connectivity index (χ4v) is 3.44. The lowest BCUT2D eigenvalue weighted by Gasteiger charge is -2.13. The number of alkyl halides is 1. The number of H-pyrrole nitrogens is 1. The maximum Gasteiger partial charge on any atom is 0.251 e. The summed E-state index contributed by atoms with van der Waals surface area (Å²) in [6.07, 6.45) is 1.53. The molecule has 0 bridgehead atoms. The van der Waals surface area contributed by atoms with E-state index in [0.29, 0.717) is 11.1 Å². The first-order chi connectivity index (χ1) is 8.79. The Morgan fingerprint density at radius 2 is 2.06 bits per heavy atom. The van der Waals surface area contributed by atoms with Crippen molar-refractivity contribution in [2.75, 3.05) is 11.1 Å². The van der Waals surface area contributed by atoms with Crippen molar-refractivity contribution in [3.63, 3.8) is 0 Å². The minimum atomic E-state index is -0.109. The van der Waals surface area contributed by atoms with E-state index in [4.69, 9.17) is 0 Å². The molecule has 0 aliphatic carbocycles. The first-order valence-electron chi connectivity index (χ1n) is 5.58. The van der Waals surface area contributed by atoms with E-state index in [0.717, 1.165) is 11.1 Å². The van der Waals surface area contributed by atoms with Crippen molar-refractivity contribution < 1.29 is 0 Å². The minimum Gasteiger partial charge on any atom is -0.301 e. The van der Waals surface area contributed by atoms with Gasteiger partial charge >= 0.3 is 0 Å². The van der Waals surface area contributed by atoms with Crippen LogP contribution in [0.4, 0.5) is 0 Å². The number of halogens is 1. The van der Waals surface area contributed by atoms with Crippen LogP contribution in [0.5, 0.6) is 0 Å². The largest absolute Gasteiger partial charge is 0.301 e. The Kier molecular flexibility index (Phi) is 5.01. The lowest BCUT2D eigenvalue weighted by molar-refractivity contribution is 0.885. The zero-order chi connectivity index (χ0) is 12.8. The van der Waals surface area contributed by atoms with Crippen molar-refractivity contribution in [3.05, 3.63) is 58.5 Å². The van der Waals surface area contributed by atoms with E-state index in [2.05, 4.69) is 38.0 Å². The Labute approximate surface area is 118 Å². The van der Waals surface area contributed by atoms with Crippen molar-refractivity contribution in [1.82, 2.24) is 9.97 Å². The molecule has 3 nitrogen and oxygen atoms in total. The fourth-order valence-electron chi connectivity index (χ4n) is 1.56. The van der Waals surface area contributed by atoms with Gasteiger partial charge in [0.05, 0.1) is 0 Å². The predicted octanol–water partition coefficient (Wildman–Crippen LogP) is 3.04. The van der Waals surface area contributed by atoms with Crippen LogP contribution in [0.2, 0.25) is 0 Å². The highest BCUT2D eigenvalue weighted by molar-refractivity contribution is 9.09. The number of nitrogens with one attached hydrogen (secondary N) is 1. The van der Waals surface area contributed by atoms with E-state index in [1.165, 1.54) is 17.8 Å². The third-order valence-electron chi connectivity index (χ3n) is 2.53. The van der Waals surface area contributed by atoms with Gasteiger partial charge in [0.25, 0.3) is 5.56 Å². The van der Waals surface area contributed by atoms with Crippen molar-refractivity contribution >= 4 is 27.7 Å². The molecule has 1 aromatic heterocycles. The molecule has 0 saturated heterocycles. The highest BCUT2D eigenvalue weighted by atomic mass is 79.9. The van der Waals surface area contributed by atoms with E-state index < -0.39 is 0 Å². The Bertz CT molecular complexity index is 544. The molecule has 0 fully saturated rings. The number of hydrogen-bond acceptors (Lipinski definition) is 3. The molecule has 18 heavy (non-hydrogen) atoms. The van der Waals surface area contributed by atoms with Gasteiger partial charge in [0, 0.05) is 29.3 Å². The SMILES string of the molecule is O=c1ccnc(SCC(CBr)c2ccccc2)[nH]1.